The van der Waals surface area contributed by atoms with Crippen LogP contribution in [0.4, 0.5) is 5.69 Å². The summed E-state index contributed by atoms with van der Waals surface area (Å²) in [5.41, 5.74) is 1.72. The molecule has 4 rings (SSSR count). The van der Waals surface area contributed by atoms with Crippen LogP contribution in [-0.2, 0) is 20.9 Å². The molecule has 1 aliphatic rings. The molecular formula is C26H31N3O4S. The van der Waals surface area contributed by atoms with E-state index in [9.17, 15) is 9.59 Å². The highest BCUT2D eigenvalue weighted by Crippen LogP contribution is 2.30. The van der Waals surface area contributed by atoms with Crippen molar-refractivity contribution in [1.82, 2.24) is 9.47 Å². The minimum absolute atomic E-state index is 0.0362. The van der Waals surface area contributed by atoms with Crippen molar-refractivity contribution in [3.8, 4) is 5.75 Å². The SMILES string of the molecule is CCOc1ccc(NC(=O)CSc2cn(CC(=O)N3C[C@@H](C)O[C@@H](C)C3)c3ccccc23)cc1. The number of amides is 2. The van der Waals surface area contributed by atoms with Gasteiger partial charge in [-0.2, -0.15) is 0 Å². The lowest BCUT2D eigenvalue weighted by molar-refractivity contribution is -0.143. The largest absolute Gasteiger partial charge is 0.494 e. The maximum atomic E-state index is 13.0. The maximum Gasteiger partial charge on any atom is 0.242 e. The Balaban J connectivity index is 1.41. The maximum absolute atomic E-state index is 13.0. The van der Waals surface area contributed by atoms with Crippen molar-refractivity contribution < 1.29 is 19.1 Å². The summed E-state index contributed by atoms with van der Waals surface area (Å²) in [6.07, 6.45) is 2.05. The van der Waals surface area contributed by atoms with E-state index in [1.54, 1.807) is 0 Å². The third-order valence-electron chi connectivity index (χ3n) is 5.64. The van der Waals surface area contributed by atoms with Crippen LogP contribution in [0.15, 0.2) is 59.6 Å². The van der Waals surface area contributed by atoms with E-state index < -0.39 is 0 Å². The quantitative estimate of drug-likeness (QED) is 0.483. The Bertz CT molecular complexity index is 1130. The van der Waals surface area contributed by atoms with Gasteiger partial charge in [-0.3, -0.25) is 9.59 Å². The van der Waals surface area contributed by atoms with Gasteiger partial charge in [-0.15, -0.1) is 11.8 Å². The normalized spacial score (nSPS) is 18.1. The second-order valence-corrected chi connectivity index (χ2v) is 9.51. The van der Waals surface area contributed by atoms with E-state index in [0.717, 1.165) is 27.2 Å². The van der Waals surface area contributed by atoms with E-state index in [1.807, 2.05) is 85.0 Å². The van der Waals surface area contributed by atoms with Gasteiger partial charge in [0.15, 0.2) is 0 Å². The number of carbonyl (C=O) groups is 2. The van der Waals surface area contributed by atoms with Crippen LogP contribution in [0.1, 0.15) is 20.8 Å². The fourth-order valence-electron chi connectivity index (χ4n) is 4.23. The van der Waals surface area contributed by atoms with E-state index in [4.69, 9.17) is 9.47 Å². The molecule has 0 unspecified atom stereocenters. The minimum atomic E-state index is -0.0849. The zero-order valence-corrected chi connectivity index (χ0v) is 20.6. The molecule has 0 bridgehead atoms. The summed E-state index contributed by atoms with van der Waals surface area (Å²) in [7, 11) is 0. The zero-order valence-electron chi connectivity index (χ0n) is 19.8. The molecule has 3 aromatic rings. The van der Waals surface area contributed by atoms with Gasteiger partial charge in [0.25, 0.3) is 0 Å². The Morgan fingerprint density at radius 3 is 2.50 bits per heavy atom. The average molecular weight is 482 g/mol. The summed E-state index contributed by atoms with van der Waals surface area (Å²) in [6.45, 7) is 8.00. The fourth-order valence-corrected chi connectivity index (χ4v) is 5.12. The van der Waals surface area contributed by atoms with E-state index in [1.165, 1.54) is 11.8 Å². The highest BCUT2D eigenvalue weighted by molar-refractivity contribution is 8.00. The number of hydrogen-bond acceptors (Lipinski definition) is 5. The number of anilines is 1. The number of hydrogen-bond donors (Lipinski definition) is 1. The van der Waals surface area contributed by atoms with Crippen LogP contribution in [0, 0.1) is 0 Å². The first-order valence-corrected chi connectivity index (χ1v) is 12.6. The van der Waals surface area contributed by atoms with Gasteiger partial charge in [-0.05, 0) is 51.1 Å². The van der Waals surface area contributed by atoms with Gasteiger partial charge in [0.05, 0.1) is 24.6 Å². The standard InChI is InChI=1S/C26H31N3O4S/c1-4-32-21-11-9-20(10-12-21)27-25(30)17-34-24-15-28(23-8-6-5-7-22(23)24)16-26(31)29-13-18(2)33-19(3)14-29/h5-12,15,18-19H,4,13-14,16-17H2,1-3H3,(H,27,30)/t18-,19+. The molecule has 0 saturated carbocycles. The molecule has 7 nitrogen and oxygen atoms in total. The van der Waals surface area contributed by atoms with Gasteiger partial charge < -0.3 is 24.3 Å². The molecule has 2 atom stereocenters. The number of benzene rings is 2. The second-order valence-electron chi connectivity index (χ2n) is 8.49. The predicted octanol–water partition coefficient (Wildman–Crippen LogP) is 4.41. The lowest BCUT2D eigenvalue weighted by Gasteiger charge is -2.35. The monoisotopic (exact) mass is 481 g/mol. The summed E-state index contributed by atoms with van der Waals surface area (Å²) in [5.74, 6) is 1.04. The van der Waals surface area contributed by atoms with Crippen LogP contribution < -0.4 is 10.1 Å². The van der Waals surface area contributed by atoms with Gasteiger partial charge in [0.2, 0.25) is 11.8 Å². The number of ether oxygens (including phenoxy) is 2. The number of morpholine rings is 1. The molecule has 1 aromatic heterocycles. The lowest BCUT2D eigenvalue weighted by atomic mass is 10.2. The van der Waals surface area contributed by atoms with Crippen LogP contribution in [0.3, 0.4) is 0 Å². The summed E-state index contributed by atoms with van der Waals surface area (Å²) < 4.78 is 13.2. The Kier molecular flexibility index (Phi) is 7.80. The predicted molar refractivity (Wildman–Crippen MR) is 135 cm³/mol. The summed E-state index contributed by atoms with van der Waals surface area (Å²) in [5, 5.41) is 3.96. The van der Waals surface area contributed by atoms with Crippen LogP contribution in [-0.4, -0.2) is 58.9 Å². The second kappa shape index (κ2) is 11.0. The van der Waals surface area contributed by atoms with E-state index in [2.05, 4.69) is 5.32 Å². The summed E-state index contributed by atoms with van der Waals surface area (Å²) in [4.78, 5) is 28.4. The molecule has 1 aliphatic heterocycles. The number of nitrogens with one attached hydrogen (secondary N) is 1. The molecule has 2 amide bonds. The van der Waals surface area contributed by atoms with E-state index in [0.29, 0.717) is 19.7 Å². The number of rotatable bonds is 8. The first-order chi connectivity index (χ1) is 16.4. The van der Waals surface area contributed by atoms with Crippen molar-refractivity contribution in [2.24, 2.45) is 0 Å². The molecule has 0 aliphatic carbocycles. The number of aromatic nitrogens is 1. The van der Waals surface area contributed by atoms with Crippen molar-refractivity contribution in [3.05, 3.63) is 54.7 Å². The number of carbonyl (C=O) groups excluding carboxylic acids is 2. The van der Waals surface area contributed by atoms with Crippen LogP contribution >= 0.6 is 11.8 Å². The minimum Gasteiger partial charge on any atom is -0.494 e. The third-order valence-corrected chi connectivity index (χ3v) is 6.68. The number of thioether (sulfide) groups is 1. The van der Waals surface area contributed by atoms with Crippen molar-refractivity contribution >= 4 is 40.2 Å². The first kappa shape index (κ1) is 24.2. The molecule has 180 valence electrons. The Labute approximate surface area is 204 Å². The number of nitrogens with zero attached hydrogens (tertiary/aromatic N) is 2. The summed E-state index contributed by atoms with van der Waals surface area (Å²) in [6, 6.07) is 15.3. The van der Waals surface area contributed by atoms with Crippen molar-refractivity contribution in [3.63, 3.8) is 0 Å². The molecule has 2 heterocycles. The zero-order chi connectivity index (χ0) is 24.1. The molecule has 1 N–H and O–H groups in total. The molecule has 1 fully saturated rings. The fraction of sp³-hybridized carbons (Fsp3) is 0.385. The van der Waals surface area contributed by atoms with Crippen molar-refractivity contribution in [2.45, 2.75) is 44.4 Å². The topological polar surface area (TPSA) is 72.8 Å². The van der Waals surface area contributed by atoms with Gasteiger partial charge >= 0.3 is 0 Å². The summed E-state index contributed by atoms with van der Waals surface area (Å²) >= 11 is 1.47. The van der Waals surface area contributed by atoms with E-state index >= 15 is 0 Å². The van der Waals surface area contributed by atoms with Gasteiger partial charge in [0.1, 0.15) is 12.3 Å². The van der Waals surface area contributed by atoms with Crippen molar-refractivity contribution in [1.29, 1.82) is 0 Å². The molecule has 2 aromatic carbocycles. The molecule has 0 spiro atoms. The molecular weight excluding hydrogens is 450 g/mol. The number of para-hydroxylation sites is 1. The Hall–Kier alpha value is -2.97. The van der Waals surface area contributed by atoms with Crippen LogP contribution in [0.25, 0.3) is 10.9 Å². The number of fused-ring (bicyclic) bond motifs is 1. The molecule has 1 saturated heterocycles. The molecule has 34 heavy (non-hydrogen) atoms. The Morgan fingerprint density at radius 1 is 1.09 bits per heavy atom. The van der Waals surface area contributed by atoms with Gasteiger partial charge in [0, 0.05) is 40.8 Å². The van der Waals surface area contributed by atoms with Crippen LogP contribution in [0.2, 0.25) is 0 Å². The molecule has 0 radical (unpaired) electrons. The van der Waals surface area contributed by atoms with Gasteiger partial charge in [-0.1, -0.05) is 18.2 Å². The van der Waals surface area contributed by atoms with Crippen molar-refractivity contribution in [2.75, 3.05) is 30.8 Å². The molecule has 8 heteroatoms. The van der Waals surface area contributed by atoms with Crippen LogP contribution in [0.5, 0.6) is 5.75 Å². The highest BCUT2D eigenvalue weighted by Gasteiger charge is 2.26. The van der Waals surface area contributed by atoms with E-state index in [-0.39, 0.29) is 36.3 Å². The van der Waals surface area contributed by atoms with Gasteiger partial charge in [-0.25, -0.2) is 0 Å². The average Bonchev–Trinajstić information content (AvgIpc) is 3.16. The lowest BCUT2D eigenvalue weighted by Crippen LogP contribution is -2.49. The Morgan fingerprint density at radius 2 is 1.79 bits per heavy atom. The third kappa shape index (κ3) is 5.93. The smallest absolute Gasteiger partial charge is 0.242 e. The highest BCUT2D eigenvalue weighted by atomic mass is 32.2. The first-order valence-electron chi connectivity index (χ1n) is 11.6.